The highest BCUT2D eigenvalue weighted by atomic mass is 15.0. The van der Waals surface area contributed by atoms with Gasteiger partial charge in [-0.2, -0.15) is 0 Å². The second-order valence-corrected chi connectivity index (χ2v) is 4.84. The predicted molar refractivity (Wildman–Crippen MR) is 81.1 cm³/mol. The molecule has 0 fully saturated rings. The molecule has 0 spiro atoms. The van der Waals surface area contributed by atoms with Crippen molar-refractivity contribution in [3.05, 3.63) is 42.2 Å². The van der Waals surface area contributed by atoms with Crippen molar-refractivity contribution in [3.8, 4) is 0 Å². The summed E-state index contributed by atoms with van der Waals surface area (Å²) >= 11 is 0. The van der Waals surface area contributed by atoms with Crippen molar-refractivity contribution in [2.24, 2.45) is 11.5 Å². The highest BCUT2D eigenvalue weighted by Crippen LogP contribution is 2.26. The molecular weight excluding hydrogens is 250 g/mol. The number of benzene rings is 1. The van der Waals surface area contributed by atoms with Crippen molar-refractivity contribution in [3.63, 3.8) is 0 Å². The summed E-state index contributed by atoms with van der Waals surface area (Å²) in [5.74, 6) is 0.266. The summed E-state index contributed by atoms with van der Waals surface area (Å²) in [6, 6.07) is 10.4. The van der Waals surface area contributed by atoms with Gasteiger partial charge in [0.05, 0.1) is 17.8 Å². The second-order valence-electron chi connectivity index (χ2n) is 4.84. The Bertz CT molecular complexity index is 768. The largest absolute Gasteiger partial charge is 0.353 e. The Balaban J connectivity index is 1.93. The van der Waals surface area contributed by atoms with E-state index in [2.05, 4.69) is 39.2 Å². The van der Waals surface area contributed by atoms with Crippen LogP contribution in [0.3, 0.4) is 0 Å². The quantitative estimate of drug-likeness (QED) is 0.305. The number of aromatic nitrogens is 2. The van der Waals surface area contributed by atoms with E-state index in [-0.39, 0.29) is 5.96 Å². The Morgan fingerprint density at radius 3 is 2.85 bits per heavy atom. The van der Waals surface area contributed by atoms with E-state index in [9.17, 15) is 0 Å². The second kappa shape index (κ2) is 5.21. The Morgan fingerprint density at radius 2 is 2.00 bits per heavy atom. The average Bonchev–Trinajstić information content (AvgIpc) is 2.83. The first-order chi connectivity index (χ1) is 9.75. The molecule has 5 heteroatoms. The number of hydrogen-bond acceptors (Lipinski definition) is 1. The molecule has 0 aliphatic carbocycles. The van der Waals surface area contributed by atoms with E-state index in [1.54, 1.807) is 0 Å². The average molecular weight is 268 g/mol. The molecule has 2 heterocycles. The third-order valence-corrected chi connectivity index (χ3v) is 3.43. The van der Waals surface area contributed by atoms with Gasteiger partial charge in [-0.15, -0.1) is 0 Å². The highest BCUT2D eigenvalue weighted by molar-refractivity contribution is 6.07. The maximum atomic E-state index is 5.37. The van der Waals surface area contributed by atoms with Crippen LogP contribution in [0.2, 0.25) is 0 Å². The van der Waals surface area contributed by atoms with Crippen LogP contribution in [0.5, 0.6) is 0 Å². The van der Waals surface area contributed by atoms with Gasteiger partial charge in [-0.25, -0.2) is 0 Å². The normalized spacial score (nSPS) is 11.0. The monoisotopic (exact) mass is 268 g/mol. The van der Waals surface area contributed by atoms with Crippen LogP contribution in [-0.4, -0.2) is 22.5 Å². The van der Waals surface area contributed by atoms with Crippen molar-refractivity contribution in [1.29, 1.82) is 0 Å². The molecule has 0 amide bonds. The molecule has 102 valence electrons. The standard InChI is InChI=1S/C15H17N5/c16-15(17)19-8-3-6-13-14-11(7-9-18-13)10-4-1-2-5-12(10)20-14/h1-2,4-5,7,9,20H,3,6,8H2,(H4,16,17,19)/p+1. The number of nitrogens with one attached hydrogen (secondary N) is 2. The van der Waals surface area contributed by atoms with Crippen LogP contribution in [0.15, 0.2) is 36.5 Å². The Labute approximate surface area is 116 Å². The zero-order valence-electron chi connectivity index (χ0n) is 11.2. The van der Waals surface area contributed by atoms with Crippen molar-refractivity contribution in [2.75, 3.05) is 6.54 Å². The number of nitrogens with zero attached hydrogens (tertiary/aromatic N) is 1. The van der Waals surface area contributed by atoms with Gasteiger partial charge in [-0.3, -0.25) is 21.4 Å². The van der Waals surface area contributed by atoms with Crippen molar-refractivity contribution in [1.82, 2.24) is 9.97 Å². The number of aromatic amines is 1. The molecule has 0 radical (unpaired) electrons. The molecule has 0 aliphatic heterocycles. The molecule has 0 saturated carbocycles. The van der Waals surface area contributed by atoms with Gasteiger partial charge in [0.1, 0.15) is 0 Å². The summed E-state index contributed by atoms with van der Waals surface area (Å²) in [7, 11) is 0. The van der Waals surface area contributed by atoms with Crippen LogP contribution in [0.1, 0.15) is 12.1 Å². The smallest absolute Gasteiger partial charge is 0.338 e. The molecule has 0 atom stereocenters. The van der Waals surface area contributed by atoms with Crippen LogP contribution in [-0.2, 0) is 6.42 Å². The van der Waals surface area contributed by atoms with Crippen molar-refractivity contribution < 1.29 is 4.99 Å². The number of aryl methyl sites for hydroxylation is 1. The van der Waals surface area contributed by atoms with Crippen LogP contribution >= 0.6 is 0 Å². The number of H-pyrrole nitrogens is 1. The van der Waals surface area contributed by atoms with E-state index in [0.29, 0.717) is 0 Å². The highest BCUT2D eigenvalue weighted by Gasteiger charge is 2.08. The van der Waals surface area contributed by atoms with Gasteiger partial charge in [-0.05, 0) is 25.0 Å². The van der Waals surface area contributed by atoms with Crippen LogP contribution < -0.4 is 16.5 Å². The summed E-state index contributed by atoms with van der Waals surface area (Å²) in [5, 5.41) is 2.47. The maximum Gasteiger partial charge on any atom is 0.338 e. The summed E-state index contributed by atoms with van der Waals surface area (Å²) in [6.07, 6.45) is 3.68. The predicted octanol–water partition coefficient (Wildman–Crippen LogP) is 0.00270. The maximum absolute atomic E-state index is 5.37. The van der Waals surface area contributed by atoms with Gasteiger partial charge < -0.3 is 4.98 Å². The van der Waals surface area contributed by atoms with Gasteiger partial charge in [0.2, 0.25) is 0 Å². The topological polar surface area (TPSA) is 94.7 Å². The molecule has 0 saturated heterocycles. The van der Waals surface area contributed by atoms with Crippen LogP contribution in [0.25, 0.3) is 21.8 Å². The molecule has 0 bridgehead atoms. The van der Waals surface area contributed by atoms with E-state index in [1.165, 1.54) is 10.8 Å². The zero-order chi connectivity index (χ0) is 13.9. The fourth-order valence-electron chi connectivity index (χ4n) is 2.51. The molecule has 0 aliphatic rings. The van der Waals surface area contributed by atoms with E-state index >= 15 is 0 Å². The Kier molecular flexibility index (Phi) is 3.25. The van der Waals surface area contributed by atoms with Gasteiger partial charge >= 0.3 is 5.96 Å². The fourth-order valence-corrected chi connectivity index (χ4v) is 2.51. The summed E-state index contributed by atoms with van der Waals surface area (Å²) < 4.78 is 0. The molecule has 3 aromatic rings. The first-order valence-electron chi connectivity index (χ1n) is 6.72. The van der Waals surface area contributed by atoms with Gasteiger partial charge in [0, 0.05) is 22.5 Å². The van der Waals surface area contributed by atoms with E-state index in [1.807, 2.05) is 12.3 Å². The molecule has 3 rings (SSSR count). The van der Waals surface area contributed by atoms with E-state index < -0.39 is 0 Å². The van der Waals surface area contributed by atoms with Crippen molar-refractivity contribution in [2.45, 2.75) is 12.8 Å². The molecule has 1 aromatic carbocycles. The van der Waals surface area contributed by atoms with Gasteiger partial charge in [0.15, 0.2) is 0 Å². The third-order valence-electron chi connectivity index (χ3n) is 3.43. The lowest BCUT2D eigenvalue weighted by Gasteiger charge is -2.00. The van der Waals surface area contributed by atoms with E-state index in [0.717, 1.165) is 36.1 Å². The molecule has 0 unspecified atom stereocenters. The minimum absolute atomic E-state index is 0.266. The first-order valence-corrected chi connectivity index (χ1v) is 6.72. The summed E-state index contributed by atoms with van der Waals surface area (Å²) in [4.78, 5) is 10.9. The Morgan fingerprint density at radius 1 is 1.15 bits per heavy atom. The third kappa shape index (κ3) is 2.30. The molecule has 6 N–H and O–H groups in total. The number of guanidine groups is 1. The number of para-hydroxylation sites is 1. The van der Waals surface area contributed by atoms with Crippen LogP contribution in [0.4, 0.5) is 0 Å². The summed E-state index contributed by atoms with van der Waals surface area (Å²) in [6.45, 7) is 0.751. The molecule has 5 nitrogen and oxygen atoms in total. The molecule has 2 aromatic heterocycles. The number of hydrogen-bond donors (Lipinski definition) is 4. The number of rotatable bonds is 4. The minimum Gasteiger partial charge on any atom is -0.353 e. The fraction of sp³-hybridized carbons (Fsp3) is 0.200. The van der Waals surface area contributed by atoms with Crippen molar-refractivity contribution >= 4 is 27.8 Å². The SMILES string of the molecule is NC(N)=[NH+]CCCc1nccc2c1[nH]c1ccccc12. The lowest BCUT2D eigenvalue weighted by Crippen LogP contribution is -2.78. The van der Waals surface area contributed by atoms with Gasteiger partial charge in [0.25, 0.3) is 0 Å². The summed E-state index contributed by atoms with van der Waals surface area (Å²) in [5.41, 5.74) is 14.1. The lowest BCUT2D eigenvalue weighted by atomic mass is 10.1. The molecule has 20 heavy (non-hydrogen) atoms. The number of nitrogens with two attached hydrogens (primary N) is 2. The van der Waals surface area contributed by atoms with E-state index in [4.69, 9.17) is 11.5 Å². The number of pyridine rings is 1. The number of fused-ring (bicyclic) bond motifs is 3. The molecular formula is C15H18N5+. The lowest BCUT2D eigenvalue weighted by molar-refractivity contribution is -0.459. The van der Waals surface area contributed by atoms with Crippen LogP contribution in [0, 0.1) is 0 Å². The van der Waals surface area contributed by atoms with Gasteiger partial charge in [-0.1, -0.05) is 18.2 Å². The first kappa shape index (κ1) is 12.5. The zero-order valence-corrected chi connectivity index (χ0v) is 11.2. The minimum atomic E-state index is 0.266. The Hall–Kier alpha value is -2.56.